The second-order valence-electron chi connectivity index (χ2n) is 10.1. The smallest absolute Gasteiger partial charge is 0.255 e. The van der Waals surface area contributed by atoms with Gasteiger partial charge in [0, 0.05) is 19.2 Å². The van der Waals surface area contributed by atoms with E-state index in [4.69, 9.17) is 15.2 Å². The first-order chi connectivity index (χ1) is 17.5. The van der Waals surface area contributed by atoms with E-state index in [-0.39, 0.29) is 48.3 Å². The van der Waals surface area contributed by atoms with Gasteiger partial charge in [0.05, 0.1) is 16.7 Å². The first kappa shape index (κ1) is 28.9. The Morgan fingerprint density at radius 1 is 1.03 bits per heavy atom. The van der Waals surface area contributed by atoms with Gasteiger partial charge in [-0.2, -0.15) is 0 Å². The standard InChI is InChI=1S/C27H39N3O6S/c1-5-21(4)26(28)27(31)29(15-19(2)13-22-9-7-6-8-10-22)30(32)16-20(3)17-37(33,34)23-11-12-24-25(14-23)36-18-35-24/h6-12,14,19-21,26,32H,5,13,15-18,28H2,1-4H3/t19-,20+,21-,26?/m0/s1. The Balaban J connectivity index is 1.70. The van der Waals surface area contributed by atoms with Crippen molar-refractivity contribution in [2.45, 2.75) is 51.5 Å². The largest absolute Gasteiger partial charge is 0.454 e. The van der Waals surface area contributed by atoms with E-state index in [0.29, 0.717) is 17.9 Å². The van der Waals surface area contributed by atoms with Gasteiger partial charge < -0.3 is 15.2 Å². The van der Waals surface area contributed by atoms with Gasteiger partial charge in [-0.15, -0.1) is 0 Å². The summed E-state index contributed by atoms with van der Waals surface area (Å²) in [5.74, 6) is -0.245. The van der Waals surface area contributed by atoms with Crippen molar-refractivity contribution in [3.05, 3.63) is 54.1 Å². The predicted molar refractivity (Wildman–Crippen MR) is 141 cm³/mol. The number of nitrogens with zero attached hydrogens (tertiary/aromatic N) is 2. The second-order valence-corrected chi connectivity index (χ2v) is 12.1. The fourth-order valence-corrected chi connectivity index (χ4v) is 5.92. The molecule has 0 aromatic heterocycles. The van der Waals surface area contributed by atoms with Gasteiger partial charge in [-0.3, -0.25) is 15.0 Å². The number of hydrogen-bond donors (Lipinski definition) is 2. The highest BCUT2D eigenvalue weighted by molar-refractivity contribution is 7.91. The molecule has 0 saturated heterocycles. The molecule has 204 valence electrons. The first-order valence-corrected chi connectivity index (χ1v) is 14.4. The van der Waals surface area contributed by atoms with Crippen molar-refractivity contribution < 1.29 is 27.9 Å². The van der Waals surface area contributed by atoms with E-state index in [9.17, 15) is 18.4 Å². The van der Waals surface area contributed by atoms with E-state index in [1.165, 1.54) is 17.1 Å². The number of benzene rings is 2. The van der Waals surface area contributed by atoms with Crippen LogP contribution in [-0.2, 0) is 21.1 Å². The zero-order chi connectivity index (χ0) is 27.2. The summed E-state index contributed by atoms with van der Waals surface area (Å²) >= 11 is 0. The molecule has 1 unspecified atom stereocenters. The number of ether oxygens (including phenoxy) is 2. The summed E-state index contributed by atoms with van der Waals surface area (Å²) in [6, 6.07) is 13.6. The summed E-state index contributed by atoms with van der Waals surface area (Å²) in [4.78, 5) is 13.4. The lowest BCUT2D eigenvalue weighted by Crippen LogP contribution is -2.55. The van der Waals surface area contributed by atoms with Crippen LogP contribution in [0.4, 0.5) is 0 Å². The molecule has 4 atom stereocenters. The molecule has 0 spiro atoms. The number of fused-ring (bicyclic) bond motifs is 1. The molecule has 9 nitrogen and oxygen atoms in total. The van der Waals surface area contributed by atoms with Crippen LogP contribution in [0, 0.1) is 17.8 Å². The summed E-state index contributed by atoms with van der Waals surface area (Å²) in [6.45, 7) is 7.83. The Morgan fingerprint density at radius 2 is 1.70 bits per heavy atom. The van der Waals surface area contributed by atoms with Crippen molar-refractivity contribution in [3.63, 3.8) is 0 Å². The van der Waals surface area contributed by atoms with E-state index >= 15 is 0 Å². The fourth-order valence-electron chi connectivity index (χ4n) is 4.31. The molecule has 3 N–H and O–H groups in total. The van der Waals surface area contributed by atoms with Crippen molar-refractivity contribution in [1.29, 1.82) is 0 Å². The van der Waals surface area contributed by atoms with E-state index in [0.717, 1.165) is 17.2 Å². The normalized spacial score (nSPS) is 16.3. The van der Waals surface area contributed by atoms with Crippen molar-refractivity contribution in [2.75, 3.05) is 25.6 Å². The highest BCUT2D eigenvalue weighted by Crippen LogP contribution is 2.34. The molecule has 3 rings (SSSR count). The minimum Gasteiger partial charge on any atom is -0.454 e. The van der Waals surface area contributed by atoms with E-state index in [1.807, 2.05) is 51.1 Å². The average molecular weight is 534 g/mol. The van der Waals surface area contributed by atoms with E-state index < -0.39 is 21.8 Å². The van der Waals surface area contributed by atoms with E-state index in [1.54, 1.807) is 13.0 Å². The monoisotopic (exact) mass is 533 g/mol. The maximum absolute atomic E-state index is 13.3. The number of carbonyl (C=O) groups excluding carboxylic acids is 1. The molecule has 0 saturated carbocycles. The van der Waals surface area contributed by atoms with Crippen LogP contribution in [0.5, 0.6) is 11.5 Å². The Labute approximate surface area is 220 Å². The molecule has 2 aromatic carbocycles. The van der Waals surface area contributed by atoms with Crippen LogP contribution in [0.1, 0.15) is 39.7 Å². The van der Waals surface area contributed by atoms with Crippen LogP contribution in [0.2, 0.25) is 0 Å². The van der Waals surface area contributed by atoms with Crippen LogP contribution in [-0.4, -0.2) is 61.4 Å². The van der Waals surface area contributed by atoms with Crippen LogP contribution < -0.4 is 15.2 Å². The maximum atomic E-state index is 13.3. The predicted octanol–water partition coefficient (Wildman–Crippen LogP) is 3.51. The molecule has 2 aromatic rings. The number of nitrogens with two attached hydrogens (primary N) is 1. The van der Waals surface area contributed by atoms with Crippen molar-refractivity contribution in [1.82, 2.24) is 10.2 Å². The van der Waals surface area contributed by atoms with Gasteiger partial charge in [-0.25, -0.2) is 8.42 Å². The summed E-state index contributed by atoms with van der Waals surface area (Å²) < 4.78 is 36.7. The van der Waals surface area contributed by atoms with Gasteiger partial charge in [0.2, 0.25) is 6.79 Å². The minimum absolute atomic E-state index is 0.0257. The number of rotatable bonds is 13. The molecule has 37 heavy (non-hydrogen) atoms. The van der Waals surface area contributed by atoms with Crippen molar-refractivity contribution in [3.8, 4) is 11.5 Å². The highest BCUT2D eigenvalue weighted by atomic mass is 32.2. The Hall–Kier alpha value is -2.66. The molecular formula is C27H39N3O6S. The van der Waals surface area contributed by atoms with Gasteiger partial charge in [0.25, 0.3) is 5.91 Å². The Morgan fingerprint density at radius 3 is 2.38 bits per heavy atom. The lowest BCUT2D eigenvalue weighted by molar-refractivity contribution is -0.248. The second kappa shape index (κ2) is 12.7. The van der Waals surface area contributed by atoms with Crippen molar-refractivity contribution >= 4 is 15.7 Å². The number of hydroxylamine groups is 1. The van der Waals surface area contributed by atoms with Crippen LogP contribution in [0.25, 0.3) is 0 Å². The number of hydrazine groups is 1. The van der Waals surface area contributed by atoms with Crippen molar-refractivity contribution in [2.24, 2.45) is 23.5 Å². The molecule has 1 aliphatic heterocycles. The molecule has 1 aliphatic rings. The van der Waals surface area contributed by atoms with E-state index in [2.05, 4.69) is 0 Å². The average Bonchev–Trinajstić information content (AvgIpc) is 3.34. The third kappa shape index (κ3) is 7.67. The molecule has 0 aliphatic carbocycles. The van der Waals surface area contributed by atoms with Gasteiger partial charge in [0.15, 0.2) is 21.3 Å². The Bertz CT molecular complexity index is 1140. The topological polar surface area (TPSA) is 122 Å². The van der Waals surface area contributed by atoms with Crippen LogP contribution >= 0.6 is 0 Å². The number of amides is 1. The number of hydrogen-bond acceptors (Lipinski definition) is 8. The Kier molecular flexibility index (Phi) is 9.94. The van der Waals surface area contributed by atoms with Gasteiger partial charge in [-0.1, -0.05) is 69.6 Å². The maximum Gasteiger partial charge on any atom is 0.255 e. The van der Waals surface area contributed by atoms with Crippen LogP contribution in [0.15, 0.2) is 53.4 Å². The number of sulfone groups is 1. The van der Waals surface area contributed by atoms with Gasteiger partial charge in [0.1, 0.15) is 0 Å². The summed E-state index contributed by atoms with van der Waals surface area (Å²) in [6.07, 6.45) is 1.43. The summed E-state index contributed by atoms with van der Waals surface area (Å²) in [7, 11) is -3.67. The zero-order valence-corrected chi connectivity index (χ0v) is 22.9. The molecule has 1 heterocycles. The fraction of sp³-hybridized carbons (Fsp3) is 0.519. The zero-order valence-electron chi connectivity index (χ0n) is 22.0. The molecule has 0 radical (unpaired) electrons. The quantitative estimate of drug-likeness (QED) is 0.375. The van der Waals surface area contributed by atoms with Gasteiger partial charge >= 0.3 is 0 Å². The molecule has 10 heteroatoms. The number of carbonyl (C=O) groups is 1. The lowest BCUT2D eigenvalue weighted by atomic mass is 9.97. The minimum atomic E-state index is -3.67. The molecule has 0 fully saturated rings. The molecule has 0 bridgehead atoms. The summed E-state index contributed by atoms with van der Waals surface area (Å²) in [5, 5.41) is 13.1. The SMILES string of the molecule is CC[C@H](C)C(N)C(=O)N(C[C@@H](C)Cc1ccccc1)N(O)C[C@@H](C)CS(=O)(=O)c1ccc2c(c1)OCO2. The lowest BCUT2D eigenvalue weighted by Gasteiger charge is -2.36. The molecule has 1 amide bonds. The van der Waals surface area contributed by atoms with Gasteiger partial charge in [-0.05, 0) is 41.9 Å². The highest BCUT2D eigenvalue weighted by Gasteiger charge is 2.31. The first-order valence-electron chi connectivity index (χ1n) is 12.7. The molecular weight excluding hydrogens is 494 g/mol. The van der Waals surface area contributed by atoms with Crippen LogP contribution in [0.3, 0.4) is 0 Å². The third-order valence-electron chi connectivity index (χ3n) is 6.67. The summed E-state index contributed by atoms with van der Waals surface area (Å²) in [5.41, 5.74) is 7.37. The third-order valence-corrected chi connectivity index (χ3v) is 8.65.